The molecule has 3 N–H and O–H groups in total. The predicted octanol–water partition coefficient (Wildman–Crippen LogP) is 1.20. The molecule has 0 radical (unpaired) electrons. The summed E-state index contributed by atoms with van der Waals surface area (Å²) in [4.78, 5) is 26.4. The molecule has 0 spiro atoms. The second-order valence-corrected chi connectivity index (χ2v) is 9.96. The Balaban J connectivity index is 0.00000289. The molecule has 182 valence electrons. The van der Waals surface area contributed by atoms with Crippen LogP contribution < -0.4 is 9.88 Å². The Bertz CT molecular complexity index is 1250. The van der Waals surface area contributed by atoms with Gasteiger partial charge in [-0.05, 0) is 16.0 Å². The lowest BCUT2D eigenvalue weighted by Crippen LogP contribution is -2.67. The summed E-state index contributed by atoms with van der Waals surface area (Å²) >= 11 is 2.92. The number of tetrazole rings is 1. The van der Waals surface area contributed by atoms with Crippen molar-refractivity contribution in [3.05, 3.63) is 71.7 Å². The lowest BCUT2D eigenvalue weighted by atomic mass is 10.0. The van der Waals surface area contributed by atoms with Gasteiger partial charge in [0.25, 0.3) is 5.91 Å². The molecule has 1 saturated heterocycles. The third-order valence-corrected chi connectivity index (χ3v) is 8.06. The average molecular weight is 514 g/mol. The highest BCUT2D eigenvalue weighted by Gasteiger charge is 2.53. The molecule has 0 aliphatic carbocycles. The molecule has 3 aromatic rings. The van der Waals surface area contributed by atoms with Gasteiger partial charge in [-0.15, -0.1) is 16.9 Å². The van der Waals surface area contributed by atoms with E-state index >= 15 is 0 Å². The molecule has 2 aliphatic rings. The number of carbonyl (C=O) groups excluding carboxylic acids is 1. The number of carbonyl (C=O) groups is 2. The summed E-state index contributed by atoms with van der Waals surface area (Å²) in [5.41, 5.74) is 2.78. The first-order valence-electron chi connectivity index (χ1n) is 10.6. The van der Waals surface area contributed by atoms with Gasteiger partial charge in [0.2, 0.25) is 5.16 Å². The summed E-state index contributed by atoms with van der Waals surface area (Å²) < 4.78 is 3.59. The Hall–Kier alpha value is -3.42. The molecule has 1 fully saturated rings. The number of rotatable bonds is 8. The summed E-state index contributed by atoms with van der Waals surface area (Å²) in [6.45, 7) is 0.758. The summed E-state index contributed by atoms with van der Waals surface area (Å²) in [6.07, 6.45) is 3.92. The van der Waals surface area contributed by atoms with E-state index in [1.165, 1.54) is 26.9 Å². The van der Waals surface area contributed by atoms with Gasteiger partial charge in [-0.2, -0.15) is 0 Å². The second-order valence-electron chi connectivity index (χ2n) is 7.91. The standard InChI is InChI=1S/C22H21N7O3S2.H2O/c1-27-22(24-25-26-27)34-13-15-12-33-20-17(19(30)29(20)18(15)21(31)32)23-16-7-9-28(10-8-16)11-14-5-3-2-4-6-14;/h2-10,17,20H,11-13H2,1H3,(H,31,32);1H2/t17-,20?;/m0./s1. The molecule has 0 bridgehead atoms. The molecule has 1 amide bonds. The van der Waals surface area contributed by atoms with Crippen LogP contribution in [0, 0.1) is 0 Å². The molecule has 0 saturated carbocycles. The number of amides is 1. The van der Waals surface area contributed by atoms with Gasteiger partial charge in [0, 0.05) is 41.9 Å². The minimum Gasteiger partial charge on any atom is -0.870 e. The van der Waals surface area contributed by atoms with Crippen molar-refractivity contribution in [2.45, 2.75) is 23.1 Å². The van der Waals surface area contributed by atoms with E-state index in [0.29, 0.717) is 22.2 Å². The van der Waals surface area contributed by atoms with Crippen LogP contribution in [0.2, 0.25) is 0 Å². The smallest absolute Gasteiger partial charge is 0.352 e. The molecule has 2 aromatic heterocycles. The number of thioether (sulfide) groups is 2. The topological polar surface area (TPSA) is 147 Å². The first kappa shape index (κ1) is 24.7. The van der Waals surface area contributed by atoms with Gasteiger partial charge in [0.1, 0.15) is 17.1 Å². The van der Waals surface area contributed by atoms with Crippen LogP contribution in [-0.4, -0.2) is 70.5 Å². The molecule has 5 rings (SSSR count). The van der Waals surface area contributed by atoms with E-state index in [9.17, 15) is 14.7 Å². The normalized spacial score (nSPS) is 19.0. The Morgan fingerprint density at radius 2 is 2.00 bits per heavy atom. The zero-order chi connectivity index (χ0) is 23.7. The van der Waals surface area contributed by atoms with Crippen LogP contribution in [0.15, 0.2) is 71.3 Å². The number of hydrogen-bond acceptors (Lipinski definition) is 9. The highest BCUT2D eigenvalue weighted by molar-refractivity contribution is 8.01. The Labute approximate surface area is 209 Å². The number of nitrogens with zero attached hydrogens (tertiary/aromatic N) is 6. The second kappa shape index (κ2) is 10.5. The number of anilines is 1. The highest BCUT2D eigenvalue weighted by Crippen LogP contribution is 2.42. The number of pyridine rings is 1. The minimum atomic E-state index is -1.09. The molecule has 2 aliphatic heterocycles. The van der Waals surface area contributed by atoms with Crippen LogP contribution in [0.3, 0.4) is 0 Å². The monoisotopic (exact) mass is 513 g/mol. The molecule has 35 heavy (non-hydrogen) atoms. The van der Waals surface area contributed by atoms with Crippen molar-refractivity contribution in [2.24, 2.45) is 7.05 Å². The first-order valence-corrected chi connectivity index (χ1v) is 12.6. The number of β-lactam (4-membered cyclic amide) rings is 1. The van der Waals surface area contributed by atoms with Gasteiger partial charge in [0.15, 0.2) is 18.9 Å². The summed E-state index contributed by atoms with van der Waals surface area (Å²) in [5, 5.41) is 24.8. The first-order chi connectivity index (χ1) is 16.5. The minimum absolute atomic E-state index is 0. The summed E-state index contributed by atoms with van der Waals surface area (Å²) in [5.74, 6) is -0.403. The fourth-order valence-electron chi connectivity index (χ4n) is 3.92. The maximum absolute atomic E-state index is 13.0. The van der Waals surface area contributed by atoms with Crippen LogP contribution in [0.4, 0.5) is 5.69 Å². The number of aliphatic carboxylic acids is 1. The van der Waals surface area contributed by atoms with E-state index in [1.807, 2.05) is 42.7 Å². The van der Waals surface area contributed by atoms with E-state index in [-0.39, 0.29) is 22.5 Å². The van der Waals surface area contributed by atoms with E-state index in [0.717, 1.165) is 12.2 Å². The van der Waals surface area contributed by atoms with E-state index in [2.05, 4.69) is 37.5 Å². The molecule has 13 heteroatoms. The Morgan fingerprint density at radius 1 is 1.26 bits per heavy atom. The predicted molar refractivity (Wildman–Crippen MR) is 129 cm³/mol. The van der Waals surface area contributed by atoms with Crippen molar-refractivity contribution < 1.29 is 24.7 Å². The molecule has 4 heterocycles. The largest absolute Gasteiger partial charge is 0.870 e. The quantitative estimate of drug-likeness (QED) is 0.256. The van der Waals surface area contributed by atoms with Gasteiger partial charge in [-0.25, -0.2) is 14.0 Å². The number of aromatic nitrogens is 5. The van der Waals surface area contributed by atoms with Gasteiger partial charge >= 0.3 is 5.97 Å². The van der Waals surface area contributed by atoms with Crippen LogP contribution in [-0.2, 0) is 23.2 Å². The third-order valence-electron chi connectivity index (χ3n) is 5.63. The molecular weight excluding hydrogens is 490 g/mol. The van der Waals surface area contributed by atoms with E-state index in [4.69, 9.17) is 0 Å². The number of carboxylic acid groups (broad SMARTS) is 1. The van der Waals surface area contributed by atoms with Gasteiger partial charge in [0.05, 0.1) is 0 Å². The maximum Gasteiger partial charge on any atom is 0.352 e. The molecule has 1 aromatic carbocycles. The molecular formula is C22H23N7O4S2. The fraction of sp³-hybridized carbons (Fsp3) is 0.273. The number of hydrogen-bond donors (Lipinski definition) is 2. The Kier molecular flexibility index (Phi) is 7.38. The van der Waals surface area contributed by atoms with Gasteiger partial charge < -0.3 is 15.9 Å². The average Bonchev–Trinajstić information content (AvgIpc) is 3.26. The lowest BCUT2D eigenvalue weighted by molar-refractivity contribution is -0.688. The Morgan fingerprint density at radius 3 is 2.66 bits per heavy atom. The number of nitrogens with one attached hydrogen (secondary N) is 1. The van der Waals surface area contributed by atoms with Crippen molar-refractivity contribution in [1.29, 1.82) is 0 Å². The zero-order valence-electron chi connectivity index (χ0n) is 18.7. The highest BCUT2D eigenvalue weighted by atomic mass is 32.2. The van der Waals surface area contributed by atoms with Crippen LogP contribution in [0.25, 0.3) is 0 Å². The van der Waals surface area contributed by atoms with Gasteiger partial charge in [-0.3, -0.25) is 9.69 Å². The van der Waals surface area contributed by atoms with Crippen molar-refractivity contribution in [3.8, 4) is 0 Å². The lowest BCUT2D eigenvalue weighted by Gasteiger charge is -2.49. The number of aryl methyl sites for hydroxylation is 1. The molecule has 11 nitrogen and oxygen atoms in total. The summed E-state index contributed by atoms with van der Waals surface area (Å²) in [7, 11) is 1.72. The van der Waals surface area contributed by atoms with E-state index < -0.39 is 12.0 Å². The van der Waals surface area contributed by atoms with Crippen LogP contribution in [0.1, 0.15) is 5.56 Å². The van der Waals surface area contributed by atoms with Gasteiger partial charge in [-0.1, -0.05) is 42.1 Å². The van der Waals surface area contributed by atoms with Crippen LogP contribution in [0.5, 0.6) is 0 Å². The van der Waals surface area contributed by atoms with Crippen molar-refractivity contribution >= 4 is 41.1 Å². The summed E-state index contributed by atoms with van der Waals surface area (Å²) in [6, 6.07) is 13.6. The third kappa shape index (κ3) is 5.01. The van der Waals surface area contributed by atoms with Crippen molar-refractivity contribution in [2.75, 3.05) is 16.8 Å². The molecule has 2 atom stereocenters. The van der Waals surface area contributed by atoms with E-state index in [1.54, 1.807) is 18.8 Å². The maximum atomic E-state index is 13.0. The van der Waals surface area contributed by atoms with Crippen LogP contribution >= 0.6 is 23.5 Å². The number of fused-ring (bicyclic) bond motifs is 1. The fourth-order valence-corrected chi connectivity index (χ4v) is 6.26. The zero-order valence-corrected chi connectivity index (χ0v) is 20.3. The van der Waals surface area contributed by atoms with Crippen molar-refractivity contribution in [1.82, 2.24) is 25.1 Å². The molecule has 1 unspecified atom stereocenters. The number of benzene rings is 1. The SMILES string of the molecule is Cn1nnnc1SCC1=C(C(=O)O)N2C(=O)[C@H](Nc3cc[n+](Cc4ccccc4)cc3)C2SC1.[OH-]. The van der Waals surface area contributed by atoms with Crippen molar-refractivity contribution in [3.63, 3.8) is 0 Å². The number of carboxylic acids is 1.